The molecule has 1 aliphatic rings. The van der Waals surface area contributed by atoms with Gasteiger partial charge in [-0.1, -0.05) is 18.2 Å². The van der Waals surface area contributed by atoms with Gasteiger partial charge in [-0.15, -0.1) is 0 Å². The fraction of sp³-hybridized carbons (Fsp3) is 0.421. The number of hydrogen-bond donors (Lipinski definition) is 2. The van der Waals surface area contributed by atoms with Gasteiger partial charge in [0.05, 0.1) is 6.26 Å². The quantitative estimate of drug-likeness (QED) is 0.886. The Morgan fingerprint density at radius 3 is 2.88 bits per heavy atom. The van der Waals surface area contributed by atoms with E-state index in [1.807, 2.05) is 19.9 Å². The Hall–Kier alpha value is -2.27. The predicted molar refractivity (Wildman–Crippen MR) is 95.1 cm³/mol. The van der Waals surface area contributed by atoms with Crippen LogP contribution < -0.4 is 16.0 Å². The largest absolute Gasteiger partial charge is 0.459 e. The summed E-state index contributed by atoms with van der Waals surface area (Å²) < 4.78 is 5.45. The summed E-state index contributed by atoms with van der Waals surface area (Å²) in [7, 11) is 0. The van der Waals surface area contributed by atoms with E-state index >= 15 is 0 Å². The number of hydrogen-bond acceptors (Lipinski definition) is 4. The Kier molecular flexibility index (Phi) is 4.37. The van der Waals surface area contributed by atoms with Crippen LogP contribution in [0.2, 0.25) is 0 Å². The number of rotatable bonds is 5. The first-order valence-electron chi connectivity index (χ1n) is 8.33. The zero-order valence-corrected chi connectivity index (χ0v) is 14.5. The van der Waals surface area contributed by atoms with Crippen LogP contribution in [0.3, 0.4) is 0 Å². The van der Waals surface area contributed by atoms with E-state index in [-0.39, 0.29) is 5.91 Å². The van der Waals surface area contributed by atoms with Gasteiger partial charge in [-0.25, -0.2) is 0 Å². The van der Waals surface area contributed by atoms with E-state index < -0.39 is 5.54 Å². The van der Waals surface area contributed by atoms with Gasteiger partial charge in [-0.2, -0.15) is 0 Å². The van der Waals surface area contributed by atoms with Crippen molar-refractivity contribution in [2.45, 2.75) is 45.3 Å². The van der Waals surface area contributed by atoms with E-state index in [0.717, 1.165) is 12.0 Å². The highest BCUT2D eigenvalue weighted by molar-refractivity contribution is 5.93. The molecule has 2 heterocycles. The van der Waals surface area contributed by atoms with E-state index in [2.05, 4.69) is 41.4 Å². The number of amides is 1. The number of nitrogens with zero attached hydrogens (tertiary/aromatic N) is 1. The Balaban J connectivity index is 1.76. The molecule has 1 atom stereocenters. The Morgan fingerprint density at radius 1 is 1.38 bits per heavy atom. The summed E-state index contributed by atoms with van der Waals surface area (Å²) in [6, 6.07) is 10.7. The number of nitrogens with one attached hydrogen (secondary N) is 1. The average Bonchev–Trinajstić information content (AvgIpc) is 3.10. The van der Waals surface area contributed by atoms with Crippen LogP contribution in [0.4, 0.5) is 5.69 Å². The van der Waals surface area contributed by atoms with Gasteiger partial charge in [0.2, 0.25) is 0 Å². The molecule has 1 aliphatic heterocycles. The maximum absolute atomic E-state index is 12.4. The number of para-hydroxylation sites is 1. The van der Waals surface area contributed by atoms with Gasteiger partial charge < -0.3 is 20.4 Å². The molecule has 0 radical (unpaired) electrons. The van der Waals surface area contributed by atoms with Crippen molar-refractivity contribution in [1.82, 2.24) is 5.32 Å². The molecular weight excluding hydrogens is 302 g/mol. The van der Waals surface area contributed by atoms with Gasteiger partial charge in [0.15, 0.2) is 5.76 Å². The van der Waals surface area contributed by atoms with Crippen LogP contribution in [0.25, 0.3) is 0 Å². The number of carbonyl (C=O) groups is 1. The number of nitrogens with two attached hydrogens (primary N) is 1. The van der Waals surface area contributed by atoms with Crippen LogP contribution in [0.5, 0.6) is 0 Å². The highest BCUT2D eigenvalue weighted by atomic mass is 16.3. The first kappa shape index (κ1) is 16.6. The molecule has 1 unspecified atom stereocenters. The van der Waals surface area contributed by atoms with E-state index in [0.29, 0.717) is 24.9 Å². The molecule has 128 valence electrons. The molecule has 3 N–H and O–H groups in total. The summed E-state index contributed by atoms with van der Waals surface area (Å²) in [6.07, 6.45) is 2.60. The van der Waals surface area contributed by atoms with Crippen LogP contribution in [-0.4, -0.2) is 24.0 Å². The van der Waals surface area contributed by atoms with Crippen molar-refractivity contribution in [3.63, 3.8) is 0 Å². The fourth-order valence-electron chi connectivity index (χ4n) is 3.10. The van der Waals surface area contributed by atoms with Crippen LogP contribution in [0.1, 0.15) is 42.5 Å². The van der Waals surface area contributed by atoms with E-state index in [1.54, 1.807) is 6.26 Å². The maximum Gasteiger partial charge on any atom is 0.287 e. The van der Waals surface area contributed by atoms with Gasteiger partial charge >= 0.3 is 0 Å². The lowest BCUT2D eigenvalue weighted by atomic mass is 10.1. The summed E-state index contributed by atoms with van der Waals surface area (Å²) in [5, 5.41) is 2.84. The normalized spacial score (nSPS) is 17.0. The number of benzene rings is 1. The predicted octanol–water partition coefficient (Wildman–Crippen LogP) is 2.70. The van der Waals surface area contributed by atoms with E-state index in [9.17, 15) is 4.79 Å². The van der Waals surface area contributed by atoms with E-state index in [4.69, 9.17) is 10.2 Å². The molecule has 3 rings (SSSR count). The minimum Gasteiger partial charge on any atom is -0.459 e. The zero-order chi connectivity index (χ0) is 17.3. The third-order valence-electron chi connectivity index (χ3n) is 4.35. The van der Waals surface area contributed by atoms with Crippen molar-refractivity contribution in [3.05, 3.63) is 53.5 Å². The number of furan rings is 1. The maximum atomic E-state index is 12.4. The summed E-state index contributed by atoms with van der Waals surface area (Å²) in [5.74, 6) is 0.157. The molecule has 0 saturated heterocycles. The minimum atomic E-state index is -0.454. The Bertz CT molecular complexity index is 730. The van der Waals surface area contributed by atoms with Crippen LogP contribution >= 0.6 is 0 Å². The van der Waals surface area contributed by atoms with Crippen molar-refractivity contribution < 1.29 is 9.21 Å². The van der Waals surface area contributed by atoms with Gasteiger partial charge in [-0.3, -0.25) is 4.79 Å². The summed E-state index contributed by atoms with van der Waals surface area (Å²) in [6.45, 7) is 7.01. The number of carbonyl (C=O) groups excluding carboxylic acids is 1. The molecule has 24 heavy (non-hydrogen) atoms. The second kappa shape index (κ2) is 6.32. The highest BCUT2D eigenvalue weighted by Gasteiger charge is 2.27. The molecule has 2 aromatic rings. The second-order valence-corrected chi connectivity index (χ2v) is 7.26. The van der Waals surface area contributed by atoms with Gasteiger partial charge in [0.25, 0.3) is 5.91 Å². The summed E-state index contributed by atoms with van der Waals surface area (Å²) in [4.78, 5) is 14.7. The average molecular weight is 327 g/mol. The smallest absolute Gasteiger partial charge is 0.287 e. The van der Waals surface area contributed by atoms with Crippen LogP contribution in [-0.2, 0) is 13.0 Å². The Morgan fingerprint density at radius 2 is 2.12 bits per heavy atom. The number of anilines is 1. The third kappa shape index (κ3) is 3.46. The molecule has 0 aliphatic carbocycles. The first-order chi connectivity index (χ1) is 11.3. The number of fused-ring (bicyclic) bond motifs is 1. The monoisotopic (exact) mass is 327 g/mol. The van der Waals surface area contributed by atoms with Crippen molar-refractivity contribution in [2.75, 3.05) is 11.4 Å². The molecule has 0 bridgehead atoms. The molecule has 0 fully saturated rings. The summed E-state index contributed by atoms with van der Waals surface area (Å²) >= 11 is 0. The molecular formula is C19H25N3O2. The van der Waals surface area contributed by atoms with Crippen molar-refractivity contribution >= 4 is 11.6 Å². The van der Waals surface area contributed by atoms with E-state index in [1.165, 1.54) is 11.3 Å². The van der Waals surface area contributed by atoms with Gasteiger partial charge in [-0.05, 0) is 44.9 Å². The molecule has 1 aromatic heterocycles. The molecule has 0 spiro atoms. The van der Waals surface area contributed by atoms with Crippen LogP contribution in [0, 0.1) is 0 Å². The van der Waals surface area contributed by atoms with Crippen molar-refractivity contribution in [3.8, 4) is 0 Å². The van der Waals surface area contributed by atoms with Gasteiger partial charge in [0, 0.05) is 35.9 Å². The van der Waals surface area contributed by atoms with Crippen molar-refractivity contribution in [2.24, 2.45) is 5.73 Å². The molecule has 1 aromatic carbocycles. The van der Waals surface area contributed by atoms with Crippen molar-refractivity contribution in [1.29, 1.82) is 0 Å². The topological polar surface area (TPSA) is 71.5 Å². The second-order valence-electron chi connectivity index (χ2n) is 7.26. The van der Waals surface area contributed by atoms with Gasteiger partial charge in [0.1, 0.15) is 0 Å². The third-order valence-corrected chi connectivity index (χ3v) is 4.35. The zero-order valence-electron chi connectivity index (χ0n) is 14.5. The molecule has 1 amide bonds. The SMILES string of the molecule is CC1Cc2ccccc2N1Cc1ccoc1C(=O)NCC(C)(C)N. The standard InChI is InChI=1S/C19H25N3O2/c1-13-10-14-6-4-5-7-16(14)22(13)11-15-8-9-24-17(15)18(23)21-12-19(2,3)20/h4-9,13H,10-12,20H2,1-3H3,(H,21,23). The highest BCUT2D eigenvalue weighted by Crippen LogP contribution is 2.33. The first-order valence-corrected chi connectivity index (χ1v) is 8.33. The lowest BCUT2D eigenvalue weighted by molar-refractivity contribution is 0.0917. The molecule has 5 heteroatoms. The Labute approximate surface area is 142 Å². The summed E-state index contributed by atoms with van der Waals surface area (Å²) in [5.41, 5.74) is 8.95. The van der Waals surface area contributed by atoms with Crippen LogP contribution in [0.15, 0.2) is 41.0 Å². The molecule has 5 nitrogen and oxygen atoms in total. The minimum absolute atomic E-state index is 0.214. The lowest BCUT2D eigenvalue weighted by Gasteiger charge is -2.25. The fourth-order valence-corrected chi connectivity index (χ4v) is 3.10. The lowest BCUT2D eigenvalue weighted by Crippen LogP contribution is -2.45. The molecule has 0 saturated carbocycles.